The van der Waals surface area contributed by atoms with E-state index in [1.54, 1.807) is 18.2 Å². The van der Waals surface area contributed by atoms with Crippen LogP contribution in [-0.4, -0.2) is 40.1 Å². The van der Waals surface area contributed by atoms with Gasteiger partial charge >= 0.3 is 13.1 Å². The number of nitrogens with one attached hydrogen (secondary N) is 1. The first-order valence-electron chi connectivity index (χ1n) is 8.33. The van der Waals surface area contributed by atoms with Crippen LogP contribution in [-0.2, 0) is 19.5 Å². The van der Waals surface area contributed by atoms with E-state index in [0.717, 1.165) is 0 Å². The van der Waals surface area contributed by atoms with Crippen molar-refractivity contribution in [3.8, 4) is 5.75 Å². The minimum Gasteiger partial charge on any atom is -0.534 e. The van der Waals surface area contributed by atoms with Crippen molar-refractivity contribution in [1.82, 2.24) is 10.3 Å². The van der Waals surface area contributed by atoms with E-state index in [1.807, 2.05) is 0 Å². The number of amides is 1. The number of benzene rings is 1. The van der Waals surface area contributed by atoms with E-state index < -0.39 is 24.9 Å². The van der Waals surface area contributed by atoms with Gasteiger partial charge in [-0.3, -0.25) is 9.78 Å². The lowest BCUT2D eigenvalue weighted by Gasteiger charge is -2.28. The Morgan fingerprint density at radius 2 is 2.11 bits per heavy atom. The number of aromatic nitrogens is 1. The fraction of sp³-hybridized carbons (Fsp3) is 0.235. The number of nitrogens with zero attached hydrogens (tertiary/aromatic N) is 1. The zero-order chi connectivity index (χ0) is 19.6. The molecule has 0 fully saturated rings. The predicted molar refractivity (Wildman–Crippen MR) is 97.0 cm³/mol. The molecular weight excluding hydrogens is 351 g/mol. The van der Waals surface area contributed by atoms with Gasteiger partial charge in [-0.1, -0.05) is 12.1 Å². The van der Waals surface area contributed by atoms with E-state index in [1.165, 1.54) is 12.3 Å². The van der Waals surface area contributed by atoms with Crippen LogP contribution in [0.1, 0.15) is 37.5 Å². The Morgan fingerprint density at radius 3 is 2.78 bits per heavy atom. The molecule has 1 aliphatic heterocycles. The lowest BCUT2D eigenvalue weighted by molar-refractivity contribution is 0.0693. The Kier molecular flexibility index (Phi) is 5.40. The summed E-state index contributed by atoms with van der Waals surface area (Å²) < 4.78 is 5.36. The van der Waals surface area contributed by atoms with E-state index in [4.69, 9.17) is 16.1 Å². The van der Waals surface area contributed by atoms with Crippen molar-refractivity contribution in [2.24, 2.45) is 11.5 Å². The third kappa shape index (κ3) is 3.77. The average molecular weight is 370 g/mol. The fourth-order valence-electron chi connectivity index (χ4n) is 2.99. The molecule has 1 aromatic heterocycles. The molecule has 0 saturated carbocycles. The molecular formula is C17H19BN4O5. The number of carboxylic acid groups (broad SMARTS) is 1. The number of carbonyl (C=O) groups excluding carboxylic acids is 1. The van der Waals surface area contributed by atoms with Crippen LogP contribution in [0, 0.1) is 0 Å². The quantitative estimate of drug-likeness (QED) is 0.438. The van der Waals surface area contributed by atoms with Gasteiger partial charge in [-0.25, -0.2) is 4.79 Å². The van der Waals surface area contributed by atoms with Crippen molar-refractivity contribution in [3.63, 3.8) is 0 Å². The summed E-state index contributed by atoms with van der Waals surface area (Å²) in [5.74, 6) is -2.24. The van der Waals surface area contributed by atoms with E-state index in [2.05, 4.69) is 10.3 Å². The van der Waals surface area contributed by atoms with Crippen LogP contribution in [0.4, 0.5) is 0 Å². The SMILES string of the molecule is NCc1cc(C(=O)N[C@H]2Cc3cccc(C(=O)O)c3OB2O)cnc1CN. The van der Waals surface area contributed by atoms with Gasteiger partial charge in [-0.15, -0.1) is 0 Å². The Hall–Kier alpha value is -2.95. The van der Waals surface area contributed by atoms with Crippen LogP contribution < -0.4 is 21.4 Å². The molecule has 2 heterocycles. The predicted octanol–water partition coefficient (Wildman–Crippen LogP) is -0.550. The molecule has 27 heavy (non-hydrogen) atoms. The standard InChI is InChI=1S/C17H19BN4O5/c19-6-10-4-11(8-21-13(10)7-20)16(23)22-14-5-9-2-1-3-12(17(24)25)15(9)27-18(14)26/h1-4,8,14,26H,5-7,19-20H2,(H,22,23)(H,24,25)/t14-/m0/s1. The molecule has 0 radical (unpaired) electrons. The molecule has 0 unspecified atom stereocenters. The molecule has 0 bridgehead atoms. The zero-order valence-corrected chi connectivity index (χ0v) is 14.4. The number of carbonyl (C=O) groups is 2. The van der Waals surface area contributed by atoms with Crippen LogP contribution in [0.2, 0.25) is 0 Å². The van der Waals surface area contributed by atoms with E-state index >= 15 is 0 Å². The van der Waals surface area contributed by atoms with Gasteiger partial charge in [0.15, 0.2) is 0 Å². The van der Waals surface area contributed by atoms with Crippen LogP contribution in [0.5, 0.6) is 5.75 Å². The largest absolute Gasteiger partial charge is 0.547 e. The van der Waals surface area contributed by atoms with Gasteiger partial charge in [0, 0.05) is 19.3 Å². The van der Waals surface area contributed by atoms with Crippen molar-refractivity contribution in [2.75, 3.05) is 0 Å². The first-order valence-corrected chi connectivity index (χ1v) is 8.33. The summed E-state index contributed by atoms with van der Waals surface area (Å²) in [6.07, 6.45) is 1.62. The fourth-order valence-corrected chi connectivity index (χ4v) is 2.99. The number of hydrogen-bond acceptors (Lipinski definition) is 7. The summed E-state index contributed by atoms with van der Waals surface area (Å²) >= 11 is 0. The van der Waals surface area contributed by atoms with Crippen molar-refractivity contribution >= 4 is 19.0 Å². The molecule has 1 aromatic carbocycles. The maximum absolute atomic E-state index is 12.5. The summed E-state index contributed by atoms with van der Waals surface area (Å²) in [5, 5.41) is 22.1. The first-order chi connectivity index (χ1) is 12.9. The Balaban J connectivity index is 1.79. The van der Waals surface area contributed by atoms with Gasteiger partial charge in [0.25, 0.3) is 5.91 Å². The maximum atomic E-state index is 12.5. The van der Waals surface area contributed by atoms with Crippen molar-refractivity contribution < 1.29 is 24.4 Å². The number of fused-ring (bicyclic) bond motifs is 1. The second-order valence-corrected chi connectivity index (χ2v) is 6.13. The molecule has 1 atom stereocenters. The number of nitrogens with two attached hydrogens (primary N) is 2. The van der Waals surface area contributed by atoms with Crippen molar-refractivity contribution in [1.29, 1.82) is 0 Å². The topological polar surface area (TPSA) is 161 Å². The Labute approximate surface area is 155 Å². The smallest absolute Gasteiger partial charge is 0.534 e. The molecule has 0 saturated heterocycles. The highest BCUT2D eigenvalue weighted by Crippen LogP contribution is 2.30. The van der Waals surface area contributed by atoms with Gasteiger partial charge in [-0.05, 0) is 29.7 Å². The second-order valence-electron chi connectivity index (χ2n) is 6.13. The van der Waals surface area contributed by atoms with Gasteiger partial charge in [0.2, 0.25) is 0 Å². The second kappa shape index (κ2) is 7.74. The normalized spacial score (nSPS) is 15.7. The number of carboxylic acids is 1. The minimum absolute atomic E-state index is 0.0366. The van der Waals surface area contributed by atoms with Crippen LogP contribution in [0.15, 0.2) is 30.5 Å². The molecule has 3 rings (SSSR count). The number of hydrogen-bond donors (Lipinski definition) is 5. The van der Waals surface area contributed by atoms with E-state index in [9.17, 15) is 19.7 Å². The molecule has 1 aliphatic rings. The molecule has 0 spiro atoms. The Bertz CT molecular complexity index is 892. The number of pyridine rings is 1. The number of rotatable bonds is 5. The van der Waals surface area contributed by atoms with Gasteiger partial charge < -0.3 is 31.6 Å². The molecule has 9 nitrogen and oxygen atoms in total. The first kappa shape index (κ1) is 18.8. The summed E-state index contributed by atoms with van der Waals surface area (Å²) in [5.41, 5.74) is 13.4. The maximum Gasteiger partial charge on any atom is 0.547 e. The monoisotopic (exact) mass is 370 g/mol. The number of aromatic carboxylic acids is 1. The van der Waals surface area contributed by atoms with E-state index in [-0.39, 0.29) is 36.4 Å². The molecule has 7 N–H and O–H groups in total. The minimum atomic E-state index is -1.38. The summed E-state index contributed by atoms with van der Waals surface area (Å²) in [6, 6.07) is 6.28. The highest BCUT2D eigenvalue weighted by atomic mass is 16.5. The molecule has 2 aromatic rings. The van der Waals surface area contributed by atoms with Crippen molar-refractivity contribution in [2.45, 2.75) is 25.5 Å². The third-order valence-electron chi connectivity index (χ3n) is 4.40. The molecule has 1 amide bonds. The highest BCUT2D eigenvalue weighted by Gasteiger charge is 2.37. The van der Waals surface area contributed by atoms with Crippen LogP contribution in [0.3, 0.4) is 0 Å². The number of para-hydroxylation sites is 1. The lowest BCUT2D eigenvalue weighted by atomic mass is 9.72. The van der Waals surface area contributed by atoms with Crippen LogP contribution >= 0.6 is 0 Å². The molecule has 140 valence electrons. The van der Waals surface area contributed by atoms with Crippen molar-refractivity contribution in [3.05, 3.63) is 58.4 Å². The lowest BCUT2D eigenvalue weighted by Crippen LogP contribution is -2.53. The third-order valence-corrected chi connectivity index (χ3v) is 4.40. The van der Waals surface area contributed by atoms with Gasteiger partial charge in [0.05, 0.1) is 22.8 Å². The zero-order valence-electron chi connectivity index (χ0n) is 14.4. The van der Waals surface area contributed by atoms with Gasteiger partial charge in [0.1, 0.15) is 5.75 Å². The average Bonchev–Trinajstić information content (AvgIpc) is 2.67. The van der Waals surface area contributed by atoms with Gasteiger partial charge in [-0.2, -0.15) is 0 Å². The summed E-state index contributed by atoms with van der Waals surface area (Å²) in [4.78, 5) is 28.0. The Morgan fingerprint density at radius 1 is 1.33 bits per heavy atom. The molecule has 0 aliphatic carbocycles. The van der Waals surface area contributed by atoms with E-state index in [0.29, 0.717) is 16.8 Å². The summed E-state index contributed by atoms with van der Waals surface area (Å²) in [6.45, 7) is 0.410. The van der Waals surface area contributed by atoms with Crippen LogP contribution in [0.25, 0.3) is 0 Å². The summed E-state index contributed by atoms with van der Waals surface area (Å²) in [7, 11) is -1.38. The molecule has 10 heteroatoms. The highest BCUT2D eigenvalue weighted by molar-refractivity contribution is 6.47.